The van der Waals surface area contributed by atoms with Crippen molar-refractivity contribution in [3.63, 3.8) is 0 Å². The lowest BCUT2D eigenvalue weighted by Gasteiger charge is -2.18. The van der Waals surface area contributed by atoms with E-state index in [4.69, 9.17) is 5.11 Å². The van der Waals surface area contributed by atoms with Gasteiger partial charge in [0.2, 0.25) is 0 Å². The van der Waals surface area contributed by atoms with E-state index in [1.165, 1.54) is 4.88 Å². The fourth-order valence-corrected chi connectivity index (χ4v) is 2.80. The molecule has 0 amide bonds. The minimum atomic E-state index is 0.245. The molecule has 0 saturated heterocycles. The summed E-state index contributed by atoms with van der Waals surface area (Å²) in [4.78, 5) is 1.32. The Bertz CT molecular complexity index is 277. The lowest BCUT2D eigenvalue weighted by atomic mass is 10.2. The Kier molecular flexibility index (Phi) is 5.09. The topological polar surface area (TPSA) is 32.3 Å². The molecule has 4 heteroatoms. The van der Waals surface area contributed by atoms with Crippen LogP contribution < -0.4 is 5.32 Å². The van der Waals surface area contributed by atoms with Crippen molar-refractivity contribution in [1.82, 2.24) is 5.32 Å². The second-order valence-electron chi connectivity index (χ2n) is 3.47. The zero-order valence-corrected chi connectivity index (χ0v) is 10.9. The molecular formula is C10H16BrNOS. The summed E-state index contributed by atoms with van der Waals surface area (Å²) in [6.07, 6.45) is 0.802. The number of aliphatic hydroxyl groups is 1. The molecular weight excluding hydrogens is 262 g/mol. The van der Waals surface area contributed by atoms with Crippen LogP contribution in [0.4, 0.5) is 0 Å². The zero-order chi connectivity index (χ0) is 10.6. The lowest BCUT2D eigenvalue weighted by Crippen LogP contribution is -2.29. The second-order valence-corrected chi connectivity index (χ2v) is 5.33. The zero-order valence-electron chi connectivity index (χ0n) is 8.46. The van der Waals surface area contributed by atoms with Gasteiger partial charge in [-0.3, -0.25) is 0 Å². The lowest BCUT2D eigenvalue weighted by molar-refractivity contribution is 0.265. The largest absolute Gasteiger partial charge is 0.396 e. The molecule has 2 atom stereocenters. The predicted molar refractivity (Wildman–Crippen MR) is 64.7 cm³/mol. The van der Waals surface area contributed by atoms with Crippen molar-refractivity contribution in [3.05, 3.63) is 20.8 Å². The SMILES string of the molecule is CC(CCO)NC(C)c1cc(Br)cs1. The van der Waals surface area contributed by atoms with Crippen LogP contribution >= 0.6 is 27.3 Å². The van der Waals surface area contributed by atoms with E-state index in [0.29, 0.717) is 12.1 Å². The van der Waals surface area contributed by atoms with E-state index in [1.54, 1.807) is 11.3 Å². The third kappa shape index (κ3) is 3.69. The molecule has 2 nitrogen and oxygen atoms in total. The van der Waals surface area contributed by atoms with Crippen LogP contribution in [0.25, 0.3) is 0 Å². The molecule has 80 valence electrons. The molecule has 1 aromatic heterocycles. The monoisotopic (exact) mass is 277 g/mol. The van der Waals surface area contributed by atoms with Crippen molar-refractivity contribution in [1.29, 1.82) is 0 Å². The van der Waals surface area contributed by atoms with E-state index in [9.17, 15) is 0 Å². The molecule has 0 radical (unpaired) electrons. The third-order valence-electron chi connectivity index (χ3n) is 2.11. The number of aliphatic hydroxyl groups excluding tert-OH is 1. The predicted octanol–water partition coefficient (Wildman–Crippen LogP) is 2.93. The van der Waals surface area contributed by atoms with Crippen LogP contribution in [-0.4, -0.2) is 17.8 Å². The first-order chi connectivity index (χ1) is 6.63. The maximum absolute atomic E-state index is 8.78. The quantitative estimate of drug-likeness (QED) is 0.868. The van der Waals surface area contributed by atoms with Gasteiger partial charge < -0.3 is 10.4 Å². The highest BCUT2D eigenvalue weighted by atomic mass is 79.9. The Balaban J connectivity index is 2.45. The summed E-state index contributed by atoms with van der Waals surface area (Å²) in [5.74, 6) is 0. The van der Waals surface area contributed by atoms with Gasteiger partial charge in [-0.25, -0.2) is 0 Å². The summed E-state index contributed by atoms with van der Waals surface area (Å²) < 4.78 is 1.14. The molecule has 0 saturated carbocycles. The highest BCUT2D eigenvalue weighted by molar-refractivity contribution is 9.10. The summed E-state index contributed by atoms with van der Waals surface area (Å²) in [5, 5.41) is 14.3. The smallest absolute Gasteiger partial charge is 0.0445 e. The van der Waals surface area contributed by atoms with Gasteiger partial charge >= 0.3 is 0 Å². The van der Waals surface area contributed by atoms with E-state index in [2.05, 4.69) is 46.5 Å². The molecule has 0 aliphatic rings. The van der Waals surface area contributed by atoms with Gasteiger partial charge in [-0.2, -0.15) is 0 Å². The number of rotatable bonds is 5. The first-order valence-electron chi connectivity index (χ1n) is 4.74. The summed E-state index contributed by atoms with van der Waals surface area (Å²) in [5.41, 5.74) is 0. The van der Waals surface area contributed by atoms with Gasteiger partial charge in [-0.1, -0.05) is 0 Å². The van der Waals surface area contributed by atoms with E-state index in [0.717, 1.165) is 10.9 Å². The second kappa shape index (κ2) is 5.85. The highest BCUT2D eigenvalue weighted by Gasteiger charge is 2.10. The van der Waals surface area contributed by atoms with Crippen molar-refractivity contribution >= 4 is 27.3 Å². The Hall–Kier alpha value is 0.1000. The maximum Gasteiger partial charge on any atom is 0.0445 e. The summed E-state index contributed by atoms with van der Waals surface area (Å²) in [7, 11) is 0. The van der Waals surface area contributed by atoms with E-state index in [-0.39, 0.29) is 6.61 Å². The van der Waals surface area contributed by atoms with Crippen molar-refractivity contribution in [3.8, 4) is 0 Å². The average Bonchev–Trinajstić information content (AvgIpc) is 2.52. The van der Waals surface area contributed by atoms with Gasteiger partial charge in [0.15, 0.2) is 0 Å². The molecule has 0 bridgehead atoms. The van der Waals surface area contributed by atoms with Gasteiger partial charge in [-0.15, -0.1) is 11.3 Å². The fourth-order valence-electron chi connectivity index (χ4n) is 1.34. The number of thiophene rings is 1. The van der Waals surface area contributed by atoms with Gasteiger partial charge in [-0.05, 0) is 42.3 Å². The Morgan fingerprint density at radius 3 is 2.79 bits per heavy atom. The van der Waals surface area contributed by atoms with Crippen LogP contribution in [0.1, 0.15) is 31.2 Å². The van der Waals surface area contributed by atoms with Crippen molar-refractivity contribution in [2.75, 3.05) is 6.61 Å². The molecule has 14 heavy (non-hydrogen) atoms. The first kappa shape index (κ1) is 12.2. The molecule has 1 rings (SSSR count). The minimum Gasteiger partial charge on any atom is -0.396 e. The molecule has 2 unspecified atom stereocenters. The van der Waals surface area contributed by atoms with E-state index in [1.807, 2.05) is 0 Å². The molecule has 0 aliphatic heterocycles. The van der Waals surface area contributed by atoms with E-state index >= 15 is 0 Å². The van der Waals surface area contributed by atoms with Crippen molar-refractivity contribution in [2.24, 2.45) is 0 Å². The number of nitrogens with one attached hydrogen (secondary N) is 1. The van der Waals surface area contributed by atoms with Crippen LogP contribution in [0.15, 0.2) is 15.9 Å². The van der Waals surface area contributed by atoms with Crippen LogP contribution in [0.3, 0.4) is 0 Å². The van der Waals surface area contributed by atoms with Gasteiger partial charge in [0.25, 0.3) is 0 Å². The van der Waals surface area contributed by atoms with Crippen LogP contribution in [0.5, 0.6) is 0 Å². The number of halogens is 1. The molecule has 0 aliphatic carbocycles. The molecule has 1 heterocycles. The third-order valence-corrected chi connectivity index (χ3v) is 3.99. The first-order valence-corrected chi connectivity index (χ1v) is 6.41. The van der Waals surface area contributed by atoms with Crippen LogP contribution in [0.2, 0.25) is 0 Å². The Morgan fingerprint density at radius 2 is 2.29 bits per heavy atom. The van der Waals surface area contributed by atoms with Crippen molar-refractivity contribution in [2.45, 2.75) is 32.4 Å². The van der Waals surface area contributed by atoms with Gasteiger partial charge in [0.05, 0.1) is 0 Å². The van der Waals surface area contributed by atoms with Crippen LogP contribution in [-0.2, 0) is 0 Å². The Morgan fingerprint density at radius 1 is 1.57 bits per heavy atom. The molecule has 0 fully saturated rings. The molecule has 1 aromatic rings. The molecule has 2 N–H and O–H groups in total. The summed E-state index contributed by atoms with van der Waals surface area (Å²) in [6, 6.07) is 2.84. The van der Waals surface area contributed by atoms with Crippen molar-refractivity contribution < 1.29 is 5.11 Å². The van der Waals surface area contributed by atoms with Gasteiger partial charge in [0, 0.05) is 33.4 Å². The normalized spacial score (nSPS) is 15.4. The van der Waals surface area contributed by atoms with Gasteiger partial charge in [0.1, 0.15) is 0 Å². The highest BCUT2D eigenvalue weighted by Crippen LogP contribution is 2.25. The minimum absolute atomic E-state index is 0.245. The average molecular weight is 278 g/mol. The summed E-state index contributed by atoms with van der Waals surface area (Å²) in [6.45, 7) is 4.48. The molecule has 0 aromatic carbocycles. The summed E-state index contributed by atoms with van der Waals surface area (Å²) >= 11 is 5.19. The standard InChI is InChI=1S/C10H16BrNOS/c1-7(3-4-13)12-8(2)10-5-9(11)6-14-10/h5-8,12-13H,3-4H2,1-2H3. The Labute approximate surface area is 97.5 Å². The maximum atomic E-state index is 8.78. The number of hydrogen-bond acceptors (Lipinski definition) is 3. The van der Waals surface area contributed by atoms with E-state index < -0.39 is 0 Å². The van der Waals surface area contributed by atoms with Crippen LogP contribution in [0, 0.1) is 0 Å². The molecule has 0 spiro atoms. The number of hydrogen-bond donors (Lipinski definition) is 2. The fraction of sp³-hybridized carbons (Fsp3) is 0.600.